The Bertz CT molecular complexity index is 1110. The molecule has 4 rings (SSSR count). The summed E-state index contributed by atoms with van der Waals surface area (Å²) in [6, 6.07) is 11.2. The summed E-state index contributed by atoms with van der Waals surface area (Å²) in [7, 11) is 1.59. The molecule has 0 aliphatic carbocycles. The van der Waals surface area contributed by atoms with Crippen molar-refractivity contribution in [1.82, 2.24) is 14.9 Å². The second kappa shape index (κ2) is 8.75. The molecule has 162 valence electrons. The number of nitrogens with one attached hydrogen (secondary N) is 1. The molecule has 7 nitrogen and oxygen atoms in total. The first kappa shape index (κ1) is 20.8. The van der Waals surface area contributed by atoms with Crippen molar-refractivity contribution in [2.75, 3.05) is 20.2 Å². The van der Waals surface area contributed by atoms with E-state index in [0.717, 1.165) is 16.9 Å². The normalized spacial score (nSPS) is 18.8. The van der Waals surface area contributed by atoms with Crippen LogP contribution >= 0.6 is 0 Å². The molecule has 0 saturated carbocycles. The quantitative estimate of drug-likeness (QED) is 0.630. The zero-order valence-electron chi connectivity index (χ0n) is 17.2. The van der Waals surface area contributed by atoms with Gasteiger partial charge in [0.15, 0.2) is 0 Å². The fourth-order valence-corrected chi connectivity index (χ4v) is 4.36. The summed E-state index contributed by atoms with van der Waals surface area (Å²) in [6.07, 6.45) is 1.11. The SMILES string of the molecule is COc1cccc2[nH]c(CC3CN(C(=O)c4cccc(F)c4)CCC3CC(=O)O)nc12. The van der Waals surface area contributed by atoms with E-state index in [2.05, 4.69) is 9.97 Å². The van der Waals surface area contributed by atoms with Crippen molar-refractivity contribution in [3.05, 3.63) is 59.7 Å². The van der Waals surface area contributed by atoms with Crippen LogP contribution in [0.2, 0.25) is 0 Å². The van der Waals surface area contributed by atoms with Crippen molar-refractivity contribution in [3.8, 4) is 5.75 Å². The number of imidazole rings is 1. The molecule has 1 aliphatic rings. The number of halogens is 1. The molecule has 2 heterocycles. The Kier molecular flexibility index (Phi) is 5.88. The van der Waals surface area contributed by atoms with Crippen molar-refractivity contribution < 1.29 is 23.8 Å². The average Bonchev–Trinajstić information content (AvgIpc) is 3.16. The average molecular weight is 425 g/mol. The van der Waals surface area contributed by atoms with Gasteiger partial charge in [-0.05, 0) is 48.6 Å². The predicted octanol–water partition coefficient (Wildman–Crippen LogP) is 3.51. The number of carboxylic acids is 1. The highest BCUT2D eigenvalue weighted by atomic mass is 19.1. The van der Waals surface area contributed by atoms with Gasteiger partial charge in [-0.25, -0.2) is 9.37 Å². The van der Waals surface area contributed by atoms with Crippen LogP contribution in [0.4, 0.5) is 4.39 Å². The predicted molar refractivity (Wildman–Crippen MR) is 113 cm³/mol. The number of carbonyl (C=O) groups excluding carboxylic acids is 1. The van der Waals surface area contributed by atoms with Gasteiger partial charge in [-0.1, -0.05) is 12.1 Å². The Morgan fingerprint density at radius 3 is 2.81 bits per heavy atom. The van der Waals surface area contributed by atoms with Gasteiger partial charge in [0.1, 0.15) is 22.9 Å². The van der Waals surface area contributed by atoms with Gasteiger partial charge in [-0.3, -0.25) is 9.59 Å². The van der Waals surface area contributed by atoms with Gasteiger partial charge in [0.25, 0.3) is 5.91 Å². The van der Waals surface area contributed by atoms with Crippen LogP contribution in [0.15, 0.2) is 42.5 Å². The maximum Gasteiger partial charge on any atom is 0.303 e. The zero-order valence-corrected chi connectivity index (χ0v) is 17.2. The van der Waals surface area contributed by atoms with Crippen LogP contribution in [-0.4, -0.2) is 52.1 Å². The highest BCUT2D eigenvalue weighted by Crippen LogP contribution is 2.31. The summed E-state index contributed by atoms with van der Waals surface area (Å²) < 4.78 is 18.9. The van der Waals surface area contributed by atoms with Crippen molar-refractivity contribution in [3.63, 3.8) is 0 Å². The number of benzene rings is 2. The number of aromatic amines is 1. The number of fused-ring (bicyclic) bond motifs is 1. The van der Waals surface area contributed by atoms with Crippen molar-refractivity contribution in [1.29, 1.82) is 0 Å². The van der Waals surface area contributed by atoms with Crippen LogP contribution in [0, 0.1) is 17.7 Å². The maximum atomic E-state index is 13.6. The number of carboxylic acid groups (broad SMARTS) is 1. The van der Waals surface area contributed by atoms with E-state index in [1.165, 1.54) is 18.2 Å². The van der Waals surface area contributed by atoms with Gasteiger partial charge >= 0.3 is 5.97 Å². The number of hydrogen-bond acceptors (Lipinski definition) is 4. The van der Waals surface area contributed by atoms with Crippen molar-refractivity contribution in [2.45, 2.75) is 19.3 Å². The Morgan fingerprint density at radius 2 is 2.06 bits per heavy atom. The van der Waals surface area contributed by atoms with Gasteiger partial charge in [-0.2, -0.15) is 0 Å². The van der Waals surface area contributed by atoms with E-state index >= 15 is 0 Å². The number of para-hydroxylation sites is 1. The molecule has 1 amide bonds. The van der Waals surface area contributed by atoms with Crippen molar-refractivity contribution >= 4 is 22.9 Å². The number of ether oxygens (including phenoxy) is 1. The van der Waals surface area contributed by atoms with Crippen LogP contribution in [0.3, 0.4) is 0 Å². The third-order valence-electron chi connectivity index (χ3n) is 5.89. The summed E-state index contributed by atoms with van der Waals surface area (Å²) in [5, 5.41) is 9.35. The smallest absolute Gasteiger partial charge is 0.303 e. The molecule has 1 aliphatic heterocycles. The monoisotopic (exact) mass is 425 g/mol. The molecule has 8 heteroatoms. The first-order valence-corrected chi connectivity index (χ1v) is 10.2. The number of carbonyl (C=O) groups is 2. The number of aromatic nitrogens is 2. The molecule has 3 aromatic rings. The molecule has 2 atom stereocenters. The molecular weight excluding hydrogens is 401 g/mol. The molecule has 2 N–H and O–H groups in total. The van der Waals surface area contributed by atoms with Gasteiger partial charge in [-0.15, -0.1) is 0 Å². The number of methoxy groups -OCH3 is 1. The number of nitrogens with zero attached hydrogens (tertiary/aromatic N) is 2. The molecular formula is C23H24FN3O4. The summed E-state index contributed by atoms with van der Waals surface area (Å²) >= 11 is 0. The van der Waals surface area contributed by atoms with Gasteiger partial charge in [0, 0.05) is 31.5 Å². The third-order valence-corrected chi connectivity index (χ3v) is 5.89. The summed E-state index contributed by atoms with van der Waals surface area (Å²) in [6.45, 7) is 0.833. The highest BCUT2D eigenvalue weighted by Gasteiger charge is 2.34. The first-order valence-electron chi connectivity index (χ1n) is 10.2. The van der Waals surface area contributed by atoms with E-state index in [4.69, 9.17) is 4.74 Å². The fraction of sp³-hybridized carbons (Fsp3) is 0.348. The molecule has 0 spiro atoms. The maximum absolute atomic E-state index is 13.6. The number of hydrogen-bond donors (Lipinski definition) is 2. The lowest BCUT2D eigenvalue weighted by atomic mass is 9.81. The lowest BCUT2D eigenvalue weighted by molar-refractivity contribution is -0.139. The van der Waals surface area contributed by atoms with E-state index in [-0.39, 0.29) is 24.2 Å². The molecule has 0 bridgehead atoms. The van der Waals surface area contributed by atoms with E-state index in [1.54, 1.807) is 18.1 Å². The molecule has 1 fully saturated rings. The molecule has 2 aromatic carbocycles. The minimum Gasteiger partial charge on any atom is -0.494 e. The Balaban J connectivity index is 1.57. The van der Waals surface area contributed by atoms with Gasteiger partial charge in [0.05, 0.1) is 12.6 Å². The van der Waals surface area contributed by atoms with E-state index in [1.807, 2.05) is 18.2 Å². The van der Waals surface area contributed by atoms with Crippen LogP contribution in [0.1, 0.15) is 29.0 Å². The minimum atomic E-state index is -0.855. The second-order valence-electron chi connectivity index (χ2n) is 7.91. The number of piperidine rings is 1. The van der Waals surface area contributed by atoms with Crippen LogP contribution < -0.4 is 4.74 Å². The number of H-pyrrole nitrogens is 1. The van der Waals surface area contributed by atoms with E-state index < -0.39 is 11.8 Å². The molecule has 2 unspecified atom stereocenters. The van der Waals surface area contributed by atoms with E-state index in [0.29, 0.717) is 37.2 Å². The molecule has 1 aromatic heterocycles. The summed E-state index contributed by atoms with van der Waals surface area (Å²) in [4.78, 5) is 33.9. The van der Waals surface area contributed by atoms with Gasteiger partial charge in [0.2, 0.25) is 0 Å². The topological polar surface area (TPSA) is 95.5 Å². The Hall–Kier alpha value is -3.42. The lowest BCUT2D eigenvalue weighted by Crippen LogP contribution is -2.45. The van der Waals surface area contributed by atoms with Gasteiger partial charge < -0.3 is 19.7 Å². The van der Waals surface area contributed by atoms with Crippen LogP contribution in [-0.2, 0) is 11.2 Å². The summed E-state index contributed by atoms with van der Waals surface area (Å²) in [5.41, 5.74) is 1.86. The number of amides is 1. The lowest BCUT2D eigenvalue weighted by Gasteiger charge is -2.38. The number of likely N-dealkylation sites (tertiary alicyclic amines) is 1. The minimum absolute atomic E-state index is 0.0379. The Labute approximate surface area is 178 Å². The van der Waals surface area contributed by atoms with Crippen LogP contribution in [0.25, 0.3) is 11.0 Å². The largest absolute Gasteiger partial charge is 0.494 e. The first-order chi connectivity index (χ1) is 14.9. The summed E-state index contributed by atoms with van der Waals surface area (Å²) in [5.74, 6) is -0.346. The number of rotatable bonds is 6. The highest BCUT2D eigenvalue weighted by molar-refractivity contribution is 5.94. The Morgan fingerprint density at radius 1 is 1.26 bits per heavy atom. The second-order valence-corrected chi connectivity index (χ2v) is 7.91. The fourth-order valence-electron chi connectivity index (χ4n) is 4.36. The standard InChI is InChI=1S/C23H24FN3O4/c1-31-19-7-3-6-18-22(19)26-20(25-18)11-16-13-27(9-8-14(16)12-21(28)29)23(30)15-4-2-5-17(24)10-15/h2-7,10,14,16H,8-9,11-13H2,1H3,(H,25,26)(H,28,29). The number of aliphatic carboxylic acids is 1. The molecule has 1 saturated heterocycles. The molecule has 0 radical (unpaired) electrons. The molecule has 31 heavy (non-hydrogen) atoms. The zero-order chi connectivity index (χ0) is 22.0. The van der Waals surface area contributed by atoms with E-state index in [9.17, 15) is 19.1 Å². The van der Waals surface area contributed by atoms with Crippen LogP contribution in [0.5, 0.6) is 5.75 Å². The third kappa shape index (κ3) is 4.52. The van der Waals surface area contributed by atoms with Crippen molar-refractivity contribution in [2.24, 2.45) is 11.8 Å².